The first kappa shape index (κ1) is 32.4. The van der Waals surface area contributed by atoms with Crippen molar-refractivity contribution in [2.75, 3.05) is 17.1 Å². The van der Waals surface area contributed by atoms with Gasteiger partial charge in [0.1, 0.15) is 12.6 Å². The van der Waals surface area contributed by atoms with E-state index in [0.29, 0.717) is 33.3 Å². The molecule has 0 saturated heterocycles. The van der Waals surface area contributed by atoms with E-state index >= 15 is 0 Å². The van der Waals surface area contributed by atoms with E-state index in [4.69, 9.17) is 23.2 Å². The van der Waals surface area contributed by atoms with E-state index < -0.39 is 28.5 Å². The summed E-state index contributed by atoms with van der Waals surface area (Å²) >= 11 is 12.6. The SMILES string of the molecule is CC[C@@H](C)NC(=O)[C@H](Cc1ccccc1)N(Cc1ccc(Cl)cc1Cl)C(=O)CN(c1ccc(C)cc1C)S(C)(=O)=O. The number of halogens is 2. The lowest BCUT2D eigenvalue weighted by atomic mass is 10.0. The number of rotatable bonds is 12. The predicted octanol–water partition coefficient (Wildman–Crippen LogP) is 5.93. The second kappa shape index (κ2) is 14.2. The Morgan fingerprint density at radius 3 is 2.24 bits per heavy atom. The van der Waals surface area contributed by atoms with E-state index in [1.54, 1.807) is 37.3 Å². The number of sulfonamides is 1. The van der Waals surface area contributed by atoms with E-state index in [1.807, 2.05) is 57.2 Å². The number of anilines is 1. The lowest BCUT2D eigenvalue weighted by Crippen LogP contribution is -2.54. The van der Waals surface area contributed by atoms with Gasteiger partial charge in [0.2, 0.25) is 21.8 Å². The van der Waals surface area contributed by atoms with Crippen LogP contribution in [0.2, 0.25) is 10.0 Å². The molecule has 3 rings (SSSR count). The molecule has 7 nitrogen and oxygen atoms in total. The molecule has 0 aliphatic carbocycles. The lowest BCUT2D eigenvalue weighted by molar-refractivity contribution is -0.140. The van der Waals surface area contributed by atoms with Crippen LogP contribution < -0.4 is 9.62 Å². The van der Waals surface area contributed by atoms with Crippen molar-refractivity contribution in [1.29, 1.82) is 0 Å². The molecule has 0 aliphatic heterocycles. The zero-order chi connectivity index (χ0) is 30.3. The van der Waals surface area contributed by atoms with Gasteiger partial charge in [0.25, 0.3) is 0 Å². The summed E-state index contributed by atoms with van der Waals surface area (Å²) in [6.07, 6.45) is 1.99. The molecule has 3 aromatic rings. The van der Waals surface area contributed by atoms with Crippen LogP contribution in [0, 0.1) is 13.8 Å². The Labute approximate surface area is 253 Å². The molecule has 2 amide bonds. The first-order valence-corrected chi connectivity index (χ1v) is 16.0. The molecule has 0 radical (unpaired) electrons. The van der Waals surface area contributed by atoms with Crippen molar-refractivity contribution in [3.8, 4) is 0 Å². The number of nitrogens with one attached hydrogen (secondary N) is 1. The Hall–Kier alpha value is -3.07. The van der Waals surface area contributed by atoms with Crippen LogP contribution in [0.1, 0.15) is 42.5 Å². The average molecular weight is 619 g/mol. The van der Waals surface area contributed by atoms with Gasteiger partial charge in [0, 0.05) is 29.1 Å². The normalized spacial score (nSPS) is 12.9. The zero-order valence-corrected chi connectivity index (χ0v) is 26.4. The van der Waals surface area contributed by atoms with Gasteiger partial charge in [-0.1, -0.05) is 84.2 Å². The molecule has 0 unspecified atom stereocenters. The van der Waals surface area contributed by atoms with E-state index in [-0.39, 0.29) is 24.9 Å². The van der Waals surface area contributed by atoms with Crippen molar-refractivity contribution in [2.45, 2.75) is 59.2 Å². The maximum Gasteiger partial charge on any atom is 0.244 e. The number of benzene rings is 3. The number of hydrogen-bond donors (Lipinski definition) is 1. The summed E-state index contributed by atoms with van der Waals surface area (Å²) < 4.78 is 27.1. The molecule has 41 heavy (non-hydrogen) atoms. The van der Waals surface area contributed by atoms with E-state index in [9.17, 15) is 18.0 Å². The van der Waals surface area contributed by atoms with Crippen molar-refractivity contribution in [3.63, 3.8) is 0 Å². The van der Waals surface area contributed by atoms with Gasteiger partial charge in [-0.25, -0.2) is 8.42 Å². The van der Waals surface area contributed by atoms with Gasteiger partial charge in [-0.15, -0.1) is 0 Å². The maximum absolute atomic E-state index is 14.2. The third-order valence-electron chi connectivity index (χ3n) is 6.93. The first-order valence-electron chi connectivity index (χ1n) is 13.4. The lowest BCUT2D eigenvalue weighted by Gasteiger charge is -2.34. The van der Waals surface area contributed by atoms with E-state index in [0.717, 1.165) is 21.7 Å². The average Bonchev–Trinajstić information content (AvgIpc) is 2.90. The number of carbonyl (C=O) groups is 2. The molecule has 1 N–H and O–H groups in total. The first-order chi connectivity index (χ1) is 19.3. The molecule has 220 valence electrons. The Morgan fingerprint density at radius 2 is 1.66 bits per heavy atom. The van der Waals surface area contributed by atoms with Crippen molar-refractivity contribution in [3.05, 3.63) is 99.0 Å². The number of hydrogen-bond acceptors (Lipinski definition) is 4. The van der Waals surface area contributed by atoms with E-state index in [1.165, 1.54) is 4.90 Å². The summed E-state index contributed by atoms with van der Waals surface area (Å²) in [6.45, 7) is 7.05. The second-order valence-electron chi connectivity index (χ2n) is 10.3. The fourth-order valence-corrected chi connectivity index (χ4v) is 5.88. The molecule has 0 aromatic heterocycles. The predicted molar refractivity (Wildman–Crippen MR) is 167 cm³/mol. The minimum atomic E-state index is -3.85. The summed E-state index contributed by atoms with van der Waals surface area (Å²) in [7, 11) is -3.85. The molecule has 0 aliphatic rings. The van der Waals surface area contributed by atoms with Crippen molar-refractivity contribution in [2.24, 2.45) is 0 Å². The van der Waals surface area contributed by atoms with Crippen LogP contribution in [0.3, 0.4) is 0 Å². The zero-order valence-electron chi connectivity index (χ0n) is 24.0. The molecular weight excluding hydrogens is 581 g/mol. The number of carbonyl (C=O) groups excluding carboxylic acids is 2. The molecule has 0 bridgehead atoms. The Kier molecular flexibility index (Phi) is 11.2. The van der Waals surface area contributed by atoms with Gasteiger partial charge < -0.3 is 10.2 Å². The van der Waals surface area contributed by atoms with Crippen LogP contribution in [-0.2, 0) is 32.6 Å². The molecule has 3 aromatic carbocycles. The molecule has 0 heterocycles. The number of aryl methyl sites for hydroxylation is 2. The fraction of sp³-hybridized carbons (Fsp3) is 0.355. The smallest absolute Gasteiger partial charge is 0.244 e. The van der Waals surface area contributed by atoms with Crippen LogP contribution in [0.25, 0.3) is 0 Å². The van der Waals surface area contributed by atoms with E-state index in [2.05, 4.69) is 5.32 Å². The van der Waals surface area contributed by atoms with Gasteiger partial charge in [-0.2, -0.15) is 0 Å². The number of amides is 2. The summed E-state index contributed by atoms with van der Waals surface area (Å²) in [4.78, 5) is 29.4. The van der Waals surface area contributed by atoms with Crippen LogP contribution in [0.15, 0.2) is 66.7 Å². The number of nitrogens with zero attached hydrogens (tertiary/aromatic N) is 2. The topological polar surface area (TPSA) is 86.8 Å². The third kappa shape index (κ3) is 8.96. The van der Waals surface area contributed by atoms with Gasteiger partial charge in [0.15, 0.2) is 0 Å². The van der Waals surface area contributed by atoms with Crippen molar-refractivity contribution >= 4 is 50.7 Å². The van der Waals surface area contributed by atoms with Crippen LogP contribution in [0.4, 0.5) is 5.69 Å². The minimum absolute atomic E-state index is 0.0231. The second-order valence-corrected chi connectivity index (χ2v) is 13.1. The van der Waals surface area contributed by atoms with Gasteiger partial charge >= 0.3 is 0 Å². The summed E-state index contributed by atoms with van der Waals surface area (Å²) in [6, 6.07) is 18.6. The maximum atomic E-state index is 14.2. The Balaban J connectivity index is 2.11. The quantitative estimate of drug-likeness (QED) is 0.273. The van der Waals surface area contributed by atoms with Crippen molar-refractivity contribution in [1.82, 2.24) is 10.2 Å². The monoisotopic (exact) mass is 617 g/mol. The Morgan fingerprint density at radius 1 is 0.976 bits per heavy atom. The van der Waals surface area contributed by atoms with Gasteiger partial charge in [0.05, 0.1) is 11.9 Å². The van der Waals surface area contributed by atoms with Crippen LogP contribution in [-0.4, -0.2) is 50.0 Å². The summed E-state index contributed by atoms with van der Waals surface area (Å²) in [5.74, 6) is -0.874. The Bertz CT molecular complexity index is 1480. The largest absolute Gasteiger partial charge is 0.352 e. The molecule has 2 atom stereocenters. The van der Waals surface area contributed by atoms with Crippen LogP contribution in [0.5, 0.6) is 0 Å². The minimum Gasteiger partial charge on any atom is -0.352 e. The van der Waals surface area contributed by atoms with Gasteiger partial charge in [-0.05, 0) is 62.1 Å². The molecular formula is C31H37Cl2N3O4S. The van der Waals surface area contributed by atoms with Gasteiger partial charge in [-0.3, -0.25) is 13.9 Å². The standard InChI is InChI=1S/C31H37Cl2N3O4S/c1-6-23(4)34-31(38)29(17-24-10-8-7-9-11-24)35(19-25-13-14-26(32)18-27(25)33)30(37)20-36(41(5,39)40)28-15-12-21(2)16-22(28)3/h7-16,18,23,29H,6,17,19-20H2,1-5H3,(H,34,38)/t23-,29+/m1/s1. The highest BCUT2D eigenvalue weighted by atomic mass is 35.5. The third-order valence-corrected chi connectivity index (χ3v) is 8.64. The summed E-state index contributed by atoms with van der Waals surface area (Å²) in [5.41, 5.74) is 3.52. The summed E-state index contributed by atoms with van der Waals surface area (Å²) in [5, 5.41) is 3.78. The highest BCUT2D eigenvalue weighted by molar-refractivity contribution is 7.92. The van der Waals surface area contributed by atoms with Crippen LogP contribution >= 0.6 is 23.2 Å². The highest BCUT2D eigenvalue weighted by Crippen LogP contribution is 2.27. The molecule has 0 fully saturated rings. The molecule has 0 saturated carbocycles. The highest BCUT2D eigenvalue weighted by Gasteiger charge is 2.34. The van der Waals surface area contributed by atoms with Crippen molar-refractivity contribution < 1.29 is 18.0 Å². The molecule has 0 spiro atoms. The fourth-order valence-electron chi connectivity index (χ4n) is 4.51. The molecule has 10 heteroatoms.